The van der Waals surface area contributed by atoms with E-state index in [2.05, 4.69) is 10.6 Å². The summed E-state index contributed by atoms with van der Waals surface area (Å²) in [6.07, 6.45) is 1.31. The van der Waals surface area contributed by atoms with Gasteiger partial charge < -0.3 is 29.7 Å². The Morgan fingerprint density at radius 2 is 1.92 bits per heavy atom. The van der Waals surface area contributed by atoms with Crippen LogP contribution in [0.15, 0.2) is 18.2 Å². The van der Waals surface area contributed by atoms with Gasteiger partial charge in [0.2, 0.25) is 5.91 Å². The maximum absolute atomic E-state index is 12.2. The lowest BCUT2D eigenvalue weighted by Gasteiger charge is -2.31. The van der Waals surface area contributed by atoms with Crippen molar-refractivity contribution in [3.05, 3.63) is 18.2 Å². The zero-order chi connectivity index (χ0) is 18.9. The highest BCUT2D eigenvalue weighted by Gasteiger charge is 2.23. The Balaban J connectivity index is 1.77. The summed E-state index contributed by atoms with van der Waals surface area (Å²) in [6, 6.07) is 5.42. The molecule has 8 nitrogen and oxygen atoms in total. The highest BCUT2D eigenvalue weighted by atomic mass is 16.6. The molecule has 1 aliphatic heterocycles. The molecule has 2 N–H and O–H groups in total. The number of likely N-dealkylation sites (tertiary alicyclic amines) is 1. The van der Waals surface area contributed by atoms with Gasteiger partial charge in [0.1, 0.15) is 11.5 Å². The number of ether oxygens (including phenoxy) is 3. The van der Waals surface area contributed by atoms with E-state index in [1.807, 2.05) is 0 Å². The monoisotopic (exact) mass is 365 g/mol. The van der Waals surface area contributed by atoms with E-state index in [4.69, 9.17) is 14.2 Å². The summed E-state index contributed by atoms with van der Waals surface area (Å²) in [7, 11) is 3.12. The maximum Gasteiger partial charge on any atom is 0.409 e. The van der Waals surface area contributed by atoms with Gasteiger partial charge in [0.15, 0.2) is 0 Å². The molecule has 0 aromatic heterocycles. The van der Waals surface area contributed by atoms with Gasteiger partial charge in [-0.2, -0.15) is 0 Å². The number of piperidine rings is 1. The van der Waals surface area contributed by atoms with E-state index in [-0.39, 0.29) is 24.6 Å². The van der Waals surface area contributed by atoms with Crippen molar-refractivity contribution < 1.29 is 23.8 Å². The van der Waals surface area contributed by atoms with Crippen molar-refractivity contribution in [3.63, 3.8) is 0 Å². The van der Waals surface area contributed by atoms with Crippen molar-refractivity contribution in [2.24, 2.45) is 0 Å². The Kier molecular flexibility index (Phi) is 7.53. The van der Waals surface area contributed by atoms with Gasteiger partial charge in [0, 0.05) is 25.2 Å². The minimum absolute atomic E-state index is 0.152. The summed E-state index contributed by atoms with van der Waals surface area (Å²) < 4.78 is 15.4. The molecule has 1 aromatic rings. The first-order chi connectivity index (χ1) is 12.6. The quantitative estimate of drug-likeness (QED) is 0.767. The number of amides is 2. The predicted octanol–water partition coefficient (Wildman–Crippen LogP) is 1.85. The first-order valence-corrected chi connectivity index (χ1v) is 8.74. The van der Waals surface area contributed by atoms with Gasteiger partial charge in [-0.15, -0.1) is 0 Å². The van der Waals surface area contributed by atoms with Crippen molar-refractivity contribution in [2.45, 2.75) is 25.8 Å². The Hall–Kier alpha value is -2.48. The highest BCUT2D eigenvalue weighted by molar-refractivity contribution is 5.93. The van der Waals surface area contributed by atoms with Crippen molar-refractivity contribution >= 4 is 17.7 Å². The zero-order valence-electron chi connectivity index (χ0n) is 15.5. The first kappa shape index (κ1) is 19.8. The average Bonchev–Trinajstić information content (AvgIpc) is 2.67. The second kappa shape index (κ2) is 9.86. The molecular formula is C18H27N3O5. The molecule has 0 spiro atoms. The molecule has 0 atom stereocenters. The molecular weight excluding hydrogens is 338 g/mol. The molecule has 1 heterocycles. The molecule has 26 heavy (non-hydrogen) atoms. The Bertz CT molecular complexity index is 615. The number of nitrogens with one attached hydrogen (secondary N) is 2. The van der Waals surface area contributed by atoms with Crippen LogP contribution in [0.25, 0.3) is 0 Å². The van der Waals surface area contributed by atoms with E-state index in [1.165, 1.54) is 0 Å². The number of hydrogen-bond donors (Lipinski definition) is 2. The summed E-state index contributed by atoms with van der Waals surface area (Å²) in [4.78, 5) is 25.6. The normalized spacial score (nSPS) is 14.7. The van der Waals surface area contributed by atoms with Crippen molar-refractivity contribution in [1.82, 2.24) is 10.2 Å². The third kappa shape index (κ3) is 5.52. The van der Waals surface area contributed by atoms with E-state index in [1.54, 1.807) is 44.2 Å². The predicted molar refractivity (Wildman–Crippen MR) is 97.8 cm³/mol. The summed E-state index contributed by atoms with van der Waals surface area (Å²) >= 11 is 0. The van der Waals surface area contributed by atoms with Crippen LogP contribution in [-0.4, -0.2) is 63.4 Å². The standard InChI is InChI=1S/C18H27N3O5/c1-4-26-18(23)21-9-7-13(8-10-21)19-12-17(22)20-15-6-5-14(24-2)11-16(15)25-3/h5-6,11,13,19H,4,7-10,12H2,1-3H3,(H,20,22). The van der Waals surface area contributed by atoms with Crippen LogP contribution in [0.1, 0.15) is 19.8 Å². The number of carbonyl (C=O) groups excluding carboxylic acids is 2. The van der Waals surface area contributed by atoms with Gasteiger partial charge in [-0.05, 0) is 31.9 Å². The molecule has 0 bridgehead atoms. The first-order valence-electron chi connectivity index (χ1n) is 8.74. The molecule has 8 heteroatoms. The molecule has 1 saturated heterocycles. The third-order valence-electron chi connectivity index (χ3n) is 4.26. The summed E-state index contributed by atoms with van der Waals surface area (Å²) in [5.74, 6) is 1.05. The molecule has 2 amide bonds. The van der Waals surface area contributed by atoms with E-state index in [0.717, 1.165) is 12.8 Å². The number of hydrogen-bond acceptors (Lipinski definition) is 6. The maximum atomic E-state index is 12.2. The van der Waals surface area contributed by atoms with Gasteiger partial charge in [0.25, 0.3) is 0 Å². The lowest BCUT2D eigenvalue weighted by atomic mass is 10.1. The third-order valence-corrected chi connectivity index (χ3v) is 4.26. The molecule has 0 saturated carbocycles. The van der Waals surface area contributed by atoms with Crippen molar-refractivity contribution in [1.29, 1.82) is 0 Å². The number of rotatable bonds is 7. The number of methoxy groups -OCH3 is 2. The smallest absolute Gasteiger partial charge is 0.409 e. The van der Waals surface area contributed by atoms with E-state index in [9.17, 15) is 9.59 Å². The number of benzene rings is 1. The molecule has 144 valence electrons. The molecule has 0 radical (unpaired) electrons. The van der Waals surface area contributed by atoms with Crippen LogP contribution in [0, 0.1) is 0 Å². The van der Waals surface area contributed by atoms with E-state index in [0.29, 0.717) is 36.9 Å². The molecule has 1 aliphatic rings. The number of carbonyl (C=O) groups is 2. The van der Waals surface area contributed by atoms with Gasteiger partial charge in [-0.1, -0.05) is 0 Å². The minimum Gasteiger partial charge on any atom is -0.497 e. The zero-order valence-corrected chi connectivity index (χ0v) is 15.5. The van der Waals surface area contributed by atoms with Crippen LogP contribution >= 0.6 is 0 Å². The van der Waals surface area contributed by atoms with E-state index >= 15 is 0 Å². The van der Waals surface area contributed by atoms with Gasteiger partial charge in [-0.25, -0.2) is 4.79 Å². The molecule has 1 fully saturated rings. The summed E-state index contributed by atoms with van der Waals surface area (Å²) in [5, 5.41) is 6.07. The van der Waals surface area contributed by atoms with Gasteiger partial charge in [0.05, 0.1) is 33.1 Å². The fourth-order valence-corrected chi connectivity index (χ4v) is 2.81. The average molecular weight is 365 g/mol. The second-order valence-corrected chi connectivity index (χ2v) is 5.96. The largest absolute Gasteiger partial charge is 0.497 e. The van der Waals surface area contributed by atoms with Crippen molar-refractivity contribution in [3.8, 4) is 11.5 Å². The molecule has 2 rings (SSSR count). The second-order valence-electron chi connectivity index (χ2n) is 5.96. The molecule has 0 unspecified atom stereocenters. The van der Waals surface area contributed by atoms with Crippen LogP contribution < -0.4 is 20.1 Å². The van der Waals surface area contributed by atoms with Crippen LogP contribution in [0.5, 0.6) is 11.5 Å². The van der Waals surface area contributed by atoms with Crippen molar-refractivity contribution in [2.75, 3.05) is 45.8 Å². The molecule has 0 aliphatic carbocycles. The fourth-order valence-electron chi connectivity index (χ4n) is 2.81. The van der Waals surface area contributed by atoms with Crippen LogP contribution in [-0.2, 0) is 9.53 Å². The Labute approximate surface area is 153 Å². The summed E-state index contributed by atoms with van der Waals surface area (Å²) in [5.41, 5.74) is 0.595. The van der Waals surface area contributed by atoms with Gasteiger partial charge >= 0.3 is 6.09 Å². The fraction of sp³-hybridized carbons (Fsp3) is 0.556. The summed E-state index contributed by atoms with van der Waals surface area (Å²) in [6.45, 7) is 3.63. The van der Waals surface area contributed by atoms with E-state index < -0.39 is 0 Å². The van der Waals surface area contributed by atoms with Crippen LogP contribution in [0.3, 0.4) is 0 Å². The van der Waals surface area contributed by atoms with Crippen LogP contribution in [0.2, 0.25) is 0 Å². The lowest BCUT2D eigenvalue weighted by Crippen LogP contribution is -2.46. The highest BCUT2D eigenvalue weighted by Crippen LogP contribution is 2.28. The van der Waals surface area contributed by atoms with Gasteiger partial charge in [-0.3, -0.25) is 4.79 Å². The number of anilines is 1. The minimum atomic E-state index is -0.268. The SMILES string of the molecule is CCOC(=O)N1CCC(NCC(=O)Nc2ccc(OC)cc2OC)CC1. The lowest BCUT2D eigenvalue weighted by molar-refractivity contribution is -0.115. The topological polar surface area (TPSA) is 89.1 Å². The Morgan fingerprint density at radius 3 is 2.54 bits per heavy atom. The Morgan fingerprint density at radius 1 is 1.19 bits per heavy atom. The molecule has 1 aromatic carbocycles. The van der Waals surface area contributed by atoms with Crippen LogP contribution in [0.4, 0.5) is 10.5 Å². The number of nitrogens with zero attached hydrogens (tertiary/aromatic N) is 1.